The van der Waals surface area contributed by atoms with E-state index in [1.165, 1.54) is 0 Å². The fraction of sp³-hybridized carbons (Fsp3) is 0.0909. The normalized spacial score (nSPS) is 11.1. The third-order valence-corrected chi connectivity index (χ3v) is 2.55. The van der Waals surface area contributed by atoms with E-state index < -0.39 is 0 Å². The Bertz CT molecular complexity index is 653. The molecule has 80 valence electrons. The number of aryl methyl sites for hydroxylation is 1. The molecule has 0 radical (unpaired) electrons. The van der Waals surface area contributed by atoms with E-state index in [4.69, 9.17) is 10.2 Å². The molecule has 0 fully saturated rings. The lowest BCUT2D eigenvalue weighted by atomic mass is 10.1. The van der Waals surface area contributed by atoms with Crippen molar-refractivity contribution in [1.82, 2.24) is 15.2 Å². The lowest BCUT2D eigenvalue weighted by Crippen LogP contribution is -1.81. The zero-order chi connectivity index (χ0) is 11.1. The van der Waals surface area contributed by atoms with Crippen LogP contribution in [0.2, 0.25) is 0 Å². The first-order chi connectivity index (χ1) is 7.75. The van der Waals surface area contributed by atoms with E-state index in [1.807, 2.05) is 31.2 Å². The number of fused-ring (bicyclic) bond motifs is 1. The zero-order valence-electron chi connectivity index (χ0n) is 8.69. The summed E-state index contributed by atoms with van der Waals surface area (Å²) in [5, 5.41) is 8.63. The van der Waals surface area contributed by atoms with E-state index in [-0.39, 0.29) is 6.01 Å². The third kappa shape index (κ3) is 1.18. The summed E-state index contributed by atoms with van der Waals surface area (Å²) in [5.74, 6) is 0.451. The molecule has 1 aromatic carbocycles. The average Bonchev–Trinajstić information content (AvgIpc) is 2.80. The Balaban J connectivity index is 2.34. The van der Waals surface area contributed by atoms with Gasteiger partial charge < -0.3 is 15.1 Å². The van der Waals surface area contributed by atoms with Crippen LogP contribution in [-0.4, -0.2) is 15.2 Å². The molecule has 16 heavy (non-hydrogen) atoms. The van der Waals surface area contributed by atoms with E-state index in [2.05, 4.69) is 15.2 Å². The van der Waals surface area contributed by atoms with Gasteiger partial charge in [0, 0.05) is 16.6 Å². The van der Waals surface area contributed by atoms with Crippen molar-refractivity contribution in [2.24, 2.45) is 0 Å². The molecule has 0 saturated carbocycles. The van der Waals surface area contributed by atoms with Gasteiger partial charge in [-0.15, -0.1) is 5.10 Å². The van der Waals surface area contributed by atoms with Crippen molar-refractivity contribution in [2.45, 2.75) is 6.92 Å². The summed E-state index contributed by atoms with van der Waals surface area (Å²) in [6.45, 7) is 1.97. The number of anilines is 1. The molecule has 0 spiro atoms. The van der Waals surface area contributed by atoms with Crippen LogP contribution < -0.4 is 5.73 Å². The summed E-state index contributed by atoms with van der Waals surface area (Å²) >= 11 is 0. The van der Waals surface area contributed by atoms with Gasteiger partial charge in [0.25, 0.3) is 5.89 Å². The highest BCUT2D eigenvalue weighted by Crippen LogP contribution is 2.31. The maximum Gasteiger partial charge on any atom is 0.313 e. The van der Waals surface area contributed by atoms with Crippen molar-refractivity contribution >= 4 is 16.9 Å². The first-order valence-corrected chi connectivity index (χ1v) is 4.92. The van der Waals surface area contributed by atoms with Gasteiger partial charge in [-0.1, -0.05) is 23.3 Å². The van der Waals surface area contributed by atoms with Crippen molar-refractivity contribution in [3.05, 3.63) is 30.0 Å². The smallest absolute Gasteiger partial charge is 0.313 e. The highest BCUT2D eigenvalue weighted by Gasteiger charge is 2.15. The van der Waals surface area contributed by atoms with Gasteiger partial charge >= 0.3 is 6.01 Å². The van der Waals surface area contributed by atoms with Crippen LogP contribution in [0.25, 0.3) is 22.4 Å². The molecule has 0 unspecified atom stereocenters. The Hall–Kier alpha value is -2.30. The minimum Gasteiger partial charge on any atom is -0.403 e. The minimum absolute atomic E-state index is 0.0830. The molecule has 3 N–H and O–H groups in total. The summed E-state index contributed by atoms with van der Waals surface area (Å²) in [5.41, 5.74) is 8.38. The summed E-state index contributed by atoms with van der Waals surface area (Å²) in [7, 11) is 0. The molecule has 3 aromatic rings. The number of nitrogens with zero attached hydrogens (tertiary/aromatic N) is 2. The Kier molecular flexibility index (Phi) is 1.73. The third-order valence-electron chi connectivity index (χ3n) is 2.55. The monoisotopic (exact) mass is 214 g/mol. The molecule has 0 bridgehead atoms. The molecule has 0 aliphatic rings. The van der Waals surface area contributed by atoms with Crippen molar-refractivity contribution in [1.29, 1.82) is 0 Å². The molecular formula is C11H10N4O. The van der Waals surface area contributed by atoms with Crippen molar-refractivity contribution in [2.75, 3.05) is 5.73 Å². The van der Waals surface area contributed by atoms with Crippen LogP contribution in [0.5, 0.6) is 0 Å². The molecule has 5 heteroatoms. The lowest BCUT2D eigenvalue weighted by Gasteiger charge is -1.93. The van der Waals surface area contributed by atoms with E-state index in [0.29, 0.717) is 5.89 Å². The number of para-hydroxylation sites is 1. The Morgan fingerprint density at radius 2 is 2.06 bits per heavy atom. The van der Waals surface area contributed by atoms with Crippen LogP contribution in [0.1, 0.15) is 5.69 Å². The highest BCUT2D eigenvalue weighted by molar-refractivity contribution is 5.95. The molecule has 0 aliphatic carbocycles. The summed E-state index contributed by atoms with van der Waals surface area (Å²) in [6.07, 6.45) is 0. The second kappa shape index (κ2) is 3.10. The van der Waals surface area contributed by atoms with Gasteiger partial charge in [-0.05, 0) is 13.0 Å². The van der Waals surface area contributed by atoms with E-state index in [0.717, 1.165) is 22.2 Å². The Morgan fingerprint density at radius 1 is 1.25 bits per heavy atom. The predicted octanol–water partition coefficient (Wildman–Crippen LogP) is 2.11. The molecule has 0 atom stereocenters. The van der Waals surface area contributed by atoms with Gasteiger partial charge in [-0.3, -0.25) is 0 Å². The number of rotatable bonds is 1. The second-order valence-corrected chi connectivity index (χ2v) is 3.62. The summed E-state index contributed by atoms with van der Waals surface area (Å²) < 4.78 is 5.25. The highest BCUT2D eigenvalue weighted by atomic mass is 16.4. The predicted molar refractivity (Wildman–Crippen MR) is 60.7 cm³/mol. The molecule has 0 amide bonds. The first-order valence-electron chi connectivity index (χ1n) is 4.92. The molecule has 2 aromatic heterocycles. The fourth-order valence-corrected chi connectivity index (χ4v) is 1.89. The maximum absolute atomic E-state index is 5.43. The number of hydrogen-bond donors (Lipinski definition) is 2. The van der Waals surface area contributed by atoms with E-state index >= 15 is 0 Å². The quantitative estimate of drug-likeness (QED) is 0.650. The SMILES string of the molecule is Cc1[nH]c2ccccc2c1-c1nnc(N)o1. The zero-order valence-corrected chi connectivity index (χ0v) is 8.69. The van der Waals surface area contributed by atoms with E-state index in [9.17, 15) is 0 Å². The van der Waals surface area contributed by atoms with Gasteiger partial charge in [0.15, 0.2) is 0 Å². The number of nitrogens with two attached hydrogens (primary N) is 1. The largest absolute Gasteiger partial charge is 0.403 e. The molecule has 3 rings (SSSR count). The number of nitrogen functional groups attached to an aromatic ring is 1. The second-order valence-electron chi connectivity index (χ2n) is 3.62. The number of hydrogen-bond acceptors (Lipinski definition) is 4. The fourth-order valence-electron chi connectivity index (χ4n) is 1.89. The van der Waals surface area contributed by atoms with Crippen molar-refractivity contribution in [3.8, 4) is 11.5 Å². The topological polar surface area (TPSA) is 80.7 Å². The van der Waals surface area contributed by atoms with Crippen LogP contribution in [0, 0.1) is 6.92 Å². The number of nitrogens with one attached hydrogen (secondary N) is 1. The van der Waals surface area contributed by atoms with Crippen LogP contribution in [0.3, 0.4) is 0 Å². The maximum atomic E-state index is 5.43. The average molecular weight is 214 g/mol. The molecule has 5 nitrogen and oxygen atoms in total. The van der Waals surface area contributed by atoms with Gasteiger partial charge in [0.2, 0.25) is 0 Å². The molecular weight excluding hydrogens is 204 g/mol. The molecule has 0 aliphatic heterocycles. The number of aromatic amines is 1. The van der Waals surface area contributed by atoms with Crippen LogP contribution in [-0.2, 0) is 0 Å². The first kappa shape index (κ1) is 8.96. The van der Waals surface area contributed by atoms with Gasteiger partial charge in [0.05, 0.1) is 5.56 Å². The van der Waals surface area contributed by atoms with Crippen LogP contribution in [0.4, 0.5) is 6.01 Å². The minimum atomic E-state index is 0.0830. The van der Waals surface area contributed by atoms with Gasteiger partial charge in [-0.2, -0.15) is 0 Å². The van der Waals surface area contributed by atoms with Crippen LogP contribution >= 0.6 is 0 Å². The number of aromatic nitrogens is 3. The van der Waals surface area contributed by atoms with Gasteiger partial charge in [0.1, 0.15) is 0 Å². The summed E-state index contributed by atoms with van der Waals surface area (Å²) in [4.78, 5) is 3.27. The van der Waals surface area contributed by atoms with Gasteiger partial charge in [-0.25, -0.2) is 0 Å². The number of benzene rings is 1. The van der Waals surface area contributed by atoms with Crippen molar-refractivity contribution < 1.29 is 4.42 Å². The summed E-state index contributed by atoms with van der Waals surface area (Å²) in [6, 6.07) is 8.04. The number of H-pyrrole nitrogens is 1. The van der Waals surface area contributed by atoms with Crippen LogP contribution in [0.15, 0.2) is 28.7 Å². The Labute approximate surface area is 91.3 Å². The van der Waals surface area contributed by atoms with Crippen molar-refractivity contribution in [3.63, 3.8) is 0 Å². The molecule has 2 heterocycles. The molecule has 0 saturated heterocycles. The lowest BCUT2D eigenvalue weighted by molar-refractivity contribution is 0.590. The van der Waals surface area contributed by atoms with E-state index in [1.54, 1.807) is 0 Å². The Morgan fingerprint density at radius 3 is 2.81 bits per heavy atom. The standard InChI is InChI=1S/C11H10N4O/c1-6-9(10-14-15-11(12)16-10)7-4-2-3-5-8(7)13-6/h2-5,13H,1H3,(H2,12,15).